The van der Waals surface area contributed by atoms with Gasteiger partial charge >= 0.3 is 0 Å². The van der Waals surface area contributed by atoms with Gasteiger partial charge in [0, 0.05) is 12.8 Å². The molecule has 0 spiro atoms. The lowest BCUT2D eigenvalue weighted by molar-refractivity contribution is -0.114. The highest BCUT2D eigenvalue weighted by molar-refractivity contribution is 5.90. The summed E-state index contributed by atoms with van der Waals surface area (Å²) in [6.07, 6.45) is 14.0. The highest BCUT2D eigenvalue weighted by Crippen LogP contribution is 2.22. The second-order valence-corrected chi connectivity index (χ2v) is 3.53. The number of allylic oxidation sites excluding steroid dienone is 2. The van der Waals surface area contributed by atoms with Crippen LogP contribution >= 0.6 is 0 Å². The largest absolute Gasteiger partial charge is 0.295 e. The molecule has 0 amide bonds. The molecule has 0 aromatic carbocycles. The third-order valence-electron chi connectivity index (χ3n) is 2.38. The molecule has 1 rings (SSSR count). The van der Waals surface area contributed by atoms with Gasteiger partial charge < -0.3 is 0 Å². The number of terminal acetylenes is 1. The van der Waals surface area contributed by atoms with Gasteiger partial charge in [0.25, 0.3) is 0 Å². The van der Waals surface area contributed by atoms with Gasteiger partial charge in [0.15, 0.2) is 5.78 Å². The van der Waals surface area contributed by atoms with Gasteiger partial charge in [-0.2, -0.15) is 0 Å². The maximum absolute atomic E-state index is 11.3. The topological polar surface area (TPSA) is 17.1 Å². The fraction of sp³-hybridized carbons (Fsp3) is 0.583. The van der Waals surface area contributed by atoms with Gasteiger partial charge in [-0.15, -0.1) is 12.3 Å². The van der Waals surface area contributed by atoms with E-state index in [2.05, 4.69) is 5.92 Å². The number of carbonyl (C=O) groups is 1. The van der Waals surface area contributed by atoms with Crippen LogP contribution in [-0.2, 0) is 4.79 Å². The lowest BCUT2D eigenvalue weighted by Gasteiger charge is -2.12. The van der Waals surface area contributed by atoms with Gasteiger partial charge in [-0.1, -0.05) is 12.0 Å². The molecule has 1 saturated carbocycles. The van der Waals surface area contributed by atoms with Gasteiger partial charge in [-0.05, 0) is 31.8 Å². The second kappa shape index (κ2) is 5.59. The molecule has 0 atom stereocenters. The van der Waals surface area contributed by atoms with Crippen molar-refractivity contribution in [3.05, 3.63) is 11.6 Å². The molecule has 0 aliphatic heterocycles. The molecule has 0 N–H and O–H groups in total. The quantitative estimate of drug-likeness (QED) is 0.477. The molecule has 0 unspecified atom stereocenters. The molecule has 1 aliphatic rings. The Morgan fingerprint density at radius 2 is 2.08 bits per heavy atom. The van der Waals surface area contributed by atoms with Crippen LogP contribution in [0.3, 0.4) is 0 Å². The molecule has 13 heavy (non-hydrogen) atoms. The summed E-state index contributed by atoms with van der Waals surface area (Å²) in [6.45, 7) is 0. The fourth-order valence-corrected chi connectivity index (χ4v) is 1.65. The molecule has 0 aromatic rings. The van der Waals surface area contributed by atoms with Crippen LogP contribution in [0, 0.1) is 12.3 Å². The zero-order chi connectivity index (χ0) is 9.52. The summed E-state index contributed by atoms with van der Waals surface area (Å²) in [7, 11) is 0. The molecule has 0 saturated heterocycles. The van der Waals surface area contributed by atoms with Crippen LogP contribution in [0.4, 0.5) is 0 Å². The van der Waals surface area contributed by atoms with Gasteiger partial charge in [0.2, 0.25) is 0 Å². The van der Waals surface area contributed by atoms with Crippen LogP contribution in [-0.4, -0.2) is 5.78 Å². The van der Waals surface area contributed by atoms with E-state index in [-0.39, 0.29) is 5.78 Å². The Balaban J connectivity index is 2.35. The summed E-state index contributed by atoms with van der Waals surface area (Å²) < 4.78 is 0. The van der Waals surface area contributed by atoms with Gasteiger partial charge in [0.1, 0.15) is 0 Å². The average Bonchev–Trinajstić information content (AvgIpc) is 2.16. The molecule has 0 heterocycles. The number of rotatable bonds is 3. The summed E-state index contributed by atoms with van der Waals surface area (Å²) in [6, 6.07) is 0. The first-order valence-corrected chi connectivity index (χ1v) is 4.98. The van der Waals surface area contributed by atoms with E-state index in [9.17, 15) is 4.79 Å². The number of carbonyl (C=O) groups excluding carboxylic acids is 1. The van der Waals surface area contributed by atoms with Crippen molar-refractivity contribution in [2.24, 2.45) is 0 Å². The Bertz CT molecular complexity index is 234. The summed E-state index contributed by atoms with van der Waals surface area (Å²) in [5.41, 5.74) is 1.33. The summed E-state index contributed by atoms with van der Waals surface area (Å²) in [5.74, 6) is 2.69. The fourth-order valence-electron chi connectivity index (χ4n) is 1.65. The predicted octanol–water partition coefficient (Wildman–Crippen LogP) is 2.86. The first kappa shape index (κ1) is 10.1. The molecule has 0 bridgehead atoms. The average molecular weight is 176 g/mol. The minimum Gasteiger partial charge on any atom is -0.295 e. The maximum atomic E-state index is 11.3. The van der Waals surface area contributed by atoms with Gasteiger partial charge in [-0.25, -0.2) is 0 Å². The predicted molar refractivity (Wildman–Crippen MR) is 54.2 cm³/mol. The molecule has 1 nitrogen and oxygen atoms in total. The van der Waals surface area contributed by atoms with Crippen molar-refractivity contribution in [1.82, 2.24) is 0 Å². The molecule has 1 heteroatoms. The van der Waals surface area contributed by atoms with E-state index in [4.69, 9.17) is 6.42 Å². The van der Waals surface area contributed by atoms with Crippen LogP contribution in [0.1, 0.15) is 44.9 Å². The Hall–Kier alpha value is -1.03. The van der Waals surface area contributed by atoms with E-state index in [1.54, 1.807) is 0 Å². The molecular formula is C12H16O. The number of hydrogen-bond acceptors (Lipinski definition) is 1. The lowest BCUT2D eigenvalue weighted by Crippen LogP contribution is -1.99. The summed E-state index contributed by atoms with van der Waals surface area (Å²) >= 11 is 0. The second-order valence-electron chi connectivity index (χ2n) is 3.53. The van der Waals surface area contributed by atoms with Crippen molar-refractivity contribution >= 4 is 5.78 Å². The minimum atomic E-state index is 0.204. The van der Waals surface area contributed by atoms with E-state index in [0.717, 1.165) is 12.8 Å². The van der Waals surface area contributed by atoms with Crippen molar-refractivity contribution in [3.63, 3.8) is 0 Å². The lowest BCUT2D eigenvalue weighted by atomic mass is 9.93. The summed E-state index contributed by atoms with van der Waals surface area (Å²) in [5, 5.41) is 0. The van der Waals surface area contributed by atoms with Crippen LogP contribution in [0.25, 0.3) is 0 Å². The Morgan fingerprint density at radius 1 is 1.38 bits per heavy atom. The highest BCUT2D eigenvalue weighted by Gasteiger charge is 2.06. The van der Waals surface area contributed by atoms with E-state index >= 15 is 0 Å². The Kier molecular flexibility index (Phi) is 4.32. The Labute approximate surface area is 80.2 Å². The van der Waals surface area contributed by atoms with Crippen LogP contribution in [0.5, 0.6) is 0 Å². The van der Waals surface area contributed by atoms with Gasteiger partial charge in [0.05, 0.1) is 0 Å². The number of hydrogen-bond donors (Lipinski definition) is 0. The summed E-state index contributed by atoms with van der Waals surface area (Å²) in [4.78, 5) is 11.3. The van der Waals surface area contributed by atoms with E-state index in [1.165, 1.54) is 24.8 Å². The van der Waals surface area contributed by atoms with E-state index in [0.29, 0.717) is 12.8 Å². The van der Waals surface area contributed by atoms with Crippen molar-refractivity contribution in [1.29, 1.82) is 0 Å². The van der Waals surface area contributed by atoms with Crippen LogP contribution in [0.15, 0.2) is 11.6 Å². The molecule has 1 fully saturated rings. The van der Waals surface area contributed by atoms with Crippen molar-refractivity contribution < 1.29 is 4.79 Å². The SMILES string of the molecule is C#CCCC(=O)C=C1CCCCC1. The first-order valence-electron chi connectivity index (χ1n) is 4.98. The van der Waals surface area contributed by atoms with Crippen LogP contribution < -0.4 is 0 Å². The smallest absolute Gasteiger partial charge is 0.156 e. The highest BCUT2D eigenvalue weighted by atomic mass is 16.1. The third-order valence-corrected chi connectivity index (χ3v) is 2.38. The van der Waals surface area contributed by atoms with Crippen molar-refractivity contribution in [2.45, 2.75) is 44.9 Å². The van der Waals surface area contributed by atoms with Crippen LogP contribution in [0.2, 0.25) is 0 Å². The minimum absolute atomic E-state index is 0.204. The first-order chi connectivity index (χ1) is 6.33. The van der Waals surface area contributed by atoms with Crippen molar-refractivity contribution in [3.8, 4) is 12.3 Å². The number of ketones is 1. The monoisotopic (exact) mass is 176 g/mol. The molecule has 70 valence electrons. The molecule has 0 radical (unpaired) electrons. The molecule has 1 aliphatic carbocycles. The van der Waals surface area contributed by atoms with Crippen molar-refractivity contribution in [2.75, 3.05) is 0 Å². The normalized spacial score (nSPS) is 16.4. The zero-order valence-electron chi connectivity index (χ0n) is 8.01. The van der Waals surface area contributed by atoms with E-state index in [1.807, 2.05) is 6.08 Å². The van der Waals surface area contributed by atoms with Gasteiger partial charge in [-0.3, -0.25) is 4.79 Å². The Morgan fingerprint density at radius 3 is 2.69 bits per heavy atom. The molecular weight excluding hydrogens is 160 g/mol. The standard InChI is InChI=1S/C12H16O/c1-2-3-9-12(13)10-11-7-5-4-6-8-11/h1,10H,3-9H2. The van der Waals surface area contributed by atoms with E-state index < -0.39 is 0 Å². The molecule has 0 aromatic heterocycles. The third kappa shape index (κ3) is 3.94. The maximum Gasteiger partial charge on any atom is 0.156 e. The zero-order valence-corrected chi connectivity index (χ0v) is 8.01.